The first-order valence-corrected chi connectivity index (χ1v) is 6.65. The smallest absolute Gasteiger partial charge is 0.231 e. The second-order valence-corrected chi connectivity index (χ2v) is 5.12. The van der Waals surface area contributed by atoms with Gasteiger partial charge in [-0.05, 0) is 25.8 Å². The number of halogens is 3. The highest BCUT2D eigenvalue weighted by Crippen LogP contribution is 2.31. The maximum absolute atomic E-state index is 13.1. The molecule has 1 aliphatic rings. The van der Waals surface area contributed by atoms with Crippen molar-refractivity contribution in [3.63, 3.8) is 0 Å². The van der Waals surface area contributed by atoms with Gasteiger partial charge in [0.2, 0.25) is 5.91 Å². The minimum absolute atomic E-state index is 0.0650. The van der Waals surface area contributed by atoms with Crippen LogP contribution in [-0.4, -0.2) is 19.0 Å². The van der Waals surface area contributed by atoms with Crippen LogP contribution in [0.3, 0.4) is 0 Å². The summed E-state index contributed by atoms with van der Waals surface area (Å²) in [5.74, 6) is -4.45. The molecule has 1 amide bonds. The van der Waals surface area contributed by atoms with Crippen molar-refractivity contribution in [2.45, 2.75) is 26.2 Å². The van der Waals surface area contributed by atoms with E-state index in [2.05, 4.69) is 10.6 Å². The first-order valence-electron chi connectivity index (χ1n) is 6.65. The number of nitrogens with one attached hydrogen (secondary N) is 2. The van der Waals surface area contributed by atoms with Gasteiger partial charge in [0.1, 0.15) is 0 Å². The van der Waals surface area contributed by atoms with Crippen molar-refractivity contribution >= 4 is 11.6 Å². The van der Waals surface area contributed by atoms with Crippen LogP contribution < -0.4 is 10.6 Å². The molecule has 2 N–H and O–H groups in total. The summed E-state index contributed by atoms with van der Waals surface area (Å²) in [6.45, 7) is 3.29. The maximum atomic E-state index is 13.1. The fraction of sp³-hybridized carbons (Fsp3) is 0.500. The monoisotopic (exact) mass is 286 g/mol. The van der Waals surface area contributed by atoms with Gasteiger partial charge in [0.25, 0.3) is 0 Å². The van der Waals surface area contributed by atoms with E-state index in [0.29, 0.717) is 19.4 Å². The molecule has 6 heteroatoms. The fourth-order valence-electron chi connectivity index (χ4n) is 2.52. The highest BCUT2D eigenvalue weighted by Gasteiger charge is 2.37. The molecule has 20 heavy (non-hydrogen) atoms. The Morgan fingerprint density at radius 2 is 2.00 bits per heavy atom. The Hall–Kier alpha value is -1.56. The number of carbonyl (C=O) groups excluding carboxylic acids is 1. The molecular formula is C14H17F3N2O. The van der Waals surface area contributed by atoms with Crippen LogP contribution in [0.5, 0.6) is 0 Å². The summed E-state index contributed by atoms with van der Waals surface area (Å²) in [5.41, 5.74) is -0.649. The van der Waals surface area contributed by atoms with Crippen molar-refractivity contribution in [1.82, 2.24) is 5.32 Å². The molecule has 1 heterocycles. The molecular weight excluding hydrogens is 269 g/mol. The molecule has 1 atom stereocenters. The molecule has 3 nitrogen and oxygen atoms in total. The third-order valence-electron chi connectivity index (χ3n) is 3.87. The fourth-order valence-corrected chi connectivity index (χ4v) is 2.52. The molecule has 1 aromatic carbocycles. The topological polar surface area (TPSA) is 41.1 Å². The number of hydrogen-bond acceptors (Lipinski definition) is 2. The first kappa shape index (κ1) is 14.8. The summed E-state index contributed by atoms with van der Waals surface area (Å²) in [6.07, 6.45) is 2.21. The first-order chi connectivity index (χ1) is 9.48. The van der Waals surface area contributed by atoms with E-state index in [1.807, 2.05) is 6.92 Å². The van der Waals surface area contributed by atoms with E-state index >= 15 is 0 Å². The quantitative estimate of drug-likeness (QED) is 0.839. The Labute approximate surface area is 115 Å². The van der Waals surface area contributed by atoms with Crippen LogP contribution in [0.1, 0.15) is 26.2 Å². The molecule has 1 fully saturated rings. The Kier molecular flexibility index (Phi) is 4.32. The van der Waals surface area contributed by atoms with Crippen molar-refractivity contribution < 1.29 is 18.0 Å². The second kappa shape index (κ2) is 5.83. The zero-order chi connectivity index (χ0) is 14.8. The third kappa shape index (κ3) is 2.80. The van der Waals surface area contributed by atoms with Gasteiger partial charge in [-0.25, -0.2) is 13.2 Å². The highest BCUT2D eigenvalue weighted by molar-refractivity contribution is 5.95. The van der Waals surface area contributed by atoms with Gasteiger partial charge in [-0.3, -0.25) is 4.79 Å². The average Bonchev–Trinajstić information content (AvgIpc) is 2.45. The molecule has 1 unspecified atom stereocenters. The lowest BCUT2D eigenvalue weighted by Crippen LogP contribution is -2.47. The second-order valence-electron chi connectivity index (χ2n) is 5.12. The van der Waals surface area contributed by atoms with Gasteiger partial charge in [-0.2, -0.15) is 0 Å². The summed E-state index contributed by atoms with van der Waals surface area (Å²) >= 11 is 0. The average molecular weight is 286 g/mol. The highest BCUT2D eigenvalue weighted by atomic mass is 19.2. The molecule has 1 aliphatic heterocycles. The number of anilines is 1. The van der Waals surface area contributed by atoms with Crippen molar-refractivity contribution in [2.24, 2.45) is 5.41 Å². The number of rotatable bonds is 3. The van der Waals surface area contributed by atoms with Crippen LogP contribution in [0.15, 0.2) is 12.1 Å². The summed E-state index contributed by atoms with van der Waals surface area (Å²) in [7, 11) is 0. The lowest BCUT2D eigenvalue weighted by Gasteiger charge is -2.35. The number of hydrogen-bond donors (Lipinski definition) is 2. The van der Waals surface area contributed by atoms with Crippen LogP contribution in [-0.2, 0) is 4.79 Å². The summed E-state index contributed by atoms with van der Waals surface area (Å²) in [5, 5.41) is 5.64. The minimum atomic E-state index is -1.53. The van der Waals surface area contributed by atoms with E-state index in [9.17, 15) is 18.0 Å². The van der Waals surface area contributed by atoms with Gasteiger partial charge in [0.15, 0.2) is 17.5 Å². The molecule has 0 bridgehead atoms. The molecule has 0 radical (unpaired) electrons. The molecule has 110 valence electrons. The van der Waals surface area contributed by atoms with Gasteiger partial charge in [0, 0.05) is 24.4 Å². The van der Waals surface area contributed by atoms with E-state index in [4.69, 9.17) is 0 Å². The Balaban J connectivity index is 2.18. The number of piperidine rings is 1. The normalized spacial score (nSPS) is 22.6. The van der Waals surface area contributed by atoms with Gasteiger partial charge in [-0.15, -0.1) is 0 Å². The molecule has 2 rings (SSSR count). The van der Waals surface area contributed by atoms with E-state index in [1.54, 1.807) is 0 Å². The molecule has 0 spiro atoms. The van der Waals surface area contributed by atoms with E-state index in [1.165, 1.54) is 0 Å². The SMILES string of the molecule is CCC1(C(=O)Nc2cc(F)c(F)c(F)c2)CCCNC1. The van der Waals surface area contributed by atoms with Crippen LogP contribution in [0.4, 0.5) is 18.9 Å². The lowest BCUT2D eigenvalue weighted by atomic mass is 9.77. The molecule has 0 aliphatic carbocycles. The zero-order valence-corrected chi connectivity index (χ0v) is 11.2. The van der Waals surface area contributed by atoms with Gasteiger partial charge in [0.05, 0.1) is 5.41 Å². The van der Waals surface area contributed by atoms with E-state index in [0.717, 1.165) is 25.1 Å². The van der Waals surface area contributed by atoms with Crippen molar-refractivity contribution in [3.05, 3.63) is 29.6 Å². The van der Waals surface area contributed by atoms with Crippen molar-refractivity contribution in [1.29, 1.82) is 0 Å². The minimum Gasteiger partial charge on any atom is -0.325 e. The predicted molar refractivity (Wildman–Crippen MR) is 69.8 cm³/mol. The van der Waals surface area contributed by atoms with Crippen molar-refractivity contribution in [2.75, 3.05) is 18.4 Å². The summed E-state index contributed by atoms with van der Waals surface area (Å²) in [4.78, 5) is 12.3. The summed E-state index contributed by atoms with van der Waals surface area (Å²) < 4.78 is 39.1. The maximum Gasteiger partial charge on any atom is 0.231 e. The zero-order valence-electron chi connectivity index (χ0n) is 11.2. The van der Waals surface area contributed by atoms with Crippen LogP contribution in [0.25, 0.3) is 0 Å². The Morgan fingerprint density at radius 1 is 1.35 bits per heavy atom. The largest absolute Gasteiger partial charge is 0.325 e. The Bertz CT molecular complexity index is 490. The van der Waals surface area contributed by atoms with Crippen molar-refractivity contribution in [3.8, 4) is 0 Å². The van der Waals surface area contributed by atoms with Crippen LogP contribution in [0, 0.1) is 22.9 Å². The third-order valence-corrected chi connectivity index (χ3v) is 3.87. The molecule has 1 aromatic rings. The molecule has 1 saturated heterocycles. The number of carbonyl (C=O) groups is 1. The van der Waals surface area contributed by atoms with E-state index < -0.39 is 22.9 Å². The predicted octanol–water partition coefficient (Wildman–Crippen LogP) is 2.82. The Morgan fingerprint density at radius 3 is 2.50 bits per heavy atom. The molecule has 0 saturated carbocycles. The molecule has 0 aromatic heterocycles. The summed E-state index contributed by atoms with van der Waals surface area (Å²) in [6, 6.07) is 1.58. The number of amides is 1. The van der Waals surface area contributed by atoms with Crippen LogP contribution in [0.2, 0.25) is 0 Å². The van der Waals surface area contributed by atoms with Gasteiger partial charge < -0.3 is 10.6 Å². The van der Waals surface area contributed by atoms with Gasteiger partial charge in [-0.1, -0.05) is 6.92 Å². The lowest BCUT2D eigenvalue weighted by molar-refractivity contribution is -0.126. The van der Waals surface area contributed by atoms with Crippen LogP contribution >= 0.6 is 0 Å². The van der Waals surface area contributed by atoms with E-state index in [-0.39, 0.29) is 11.6 Å². The number of benzene rings is 1. The standard InChI is InChI=1S/C14H17F3N2O/c1-2-14(4-3-5-18-8-14)13(20)19-9-6-10(15)12(17)11(16)7-9/h6-7,18H,2-5,8H2,1H3,(H,19,20). The van der Waals surface area contributed by atoms with Gasteiger partial charge >= 0.3 is 0 Å².